The van der Waals surface area contributed by atoms with Crippen molar-refractivity contribution in [1.29, 1.82) is 0 Å². The molecule has 1 atom stereocenters. The smallest absolute Gasteiger partial charge is 0.319 e. The fraction of sp³-hybridized carbons (Fsp3) is 0.227. The molecule has 3 N–H and O–H groups in total. The monoisotopic (exact) mass is 424 g/mol. The third kappa shape index (κ3) is 6.54. The number of ether oxygens (including phenoxy) is 1. The number of hydrogen-bond donors (Lipinski definition) is 3. The average Bonchev–Trinajstić information content (AvgIpc) is 3.52. The van der Waals surface area contributed by atoms with Gasteiger partial charge in [-0.05, 0) is 48.7 Å². The lowest BCUT2D eigenvalue weighted by Gasteiger charge is -2.10. The minimum atomic E-state index is -0.490. The lowest BCUT2D eigenvalue weighted by Crippen LogP contribution is -2.30. The van der Waals surface area contributed by atoms with Crippen LogP contribution in [0.15, 0.2) is 42.6 Å². The number of halogens is 1. The van der Waals surface area contributed by atoms with Crippen molar-refractivity contribution in [3.05, 3.63) is 53.2 Å². The van der Waals surface area contributed by atoms with Crippen molar-refractivity contribution < 1.29 is 14.3 Å². The van der Waals surface area contributed by atoms with Crippen LogP contribution in [0.1, 0.15) is 25.3 Å². The summed E-state index contributed by atoms with van der Waals surface area (Å²) in [7, 11) is 0. The summed E-state index contributed by atoms with van der Waals surface area (Å²) >= 11 is 6.27. The number of nitrogens with zero attached hydrogens (tertiary/aromatic N) is 1. The molecule has 7 nitrogen and oxygen atoms in total. The Morgan fingerprint density at radius 2 is 2.13 bits per heavy atom. The molecule has 1 aliphatic carbocycles. The highest BCUT2D eigenvalue weighted by atomic mass is 35.5. The summed E-state index contributed by atoms with van der Waals surface area (Å²) in [6.45, 7) is 1.41. The van der Waals surface area contributed by atoms with Crippen molar-refractivity contribution in [3.8, 4) is 24.0 Å². The van der Waals surface area contributed by atoms with E-state index in [-0.39, 0.29) is 18.0 Å². The second kappa shape index (κ2) is 9.81. The summed E-state index contributed by atoms with van der Waals surface area (Å²) < 4.78 is 5.71. The molecule has 2 aromatic rings. The number of carbonyl (C=O) groups excluding carboxylic acids is 2. The third-order valence-electron chi connectivity index (χ3n) is 4.10. The number of hydrogen-bond acceptors (Lipinski definition) is 4. The van der Waals surface area contributed by atoms with Gasteiger partial charge >= 0.3 is 6.03 Å². The van der Waals surface area contributed by atoms with Gasteiger partial charge in [0.2, 0.25) is 11.8 Å². The molecule has 0 unspecified atom stereocenters. The van der Waals surface area contributed by atoms with E-state index in [2.05, 4.69) is 26.9 Å². The van der Waals surface area contributed by atoms with Gasteiger partial charge in [0, 0.05) is 30.9 Å². The summed E-state index contributed by atoms with van der Waals surface area (Å²) in [6.07, 6.45) is 12.5. The van der Waals surface area contributed by atoms with Gasteiger partial charge in [0.25, 0.3) is 0 Å². The topological polar surface area (TPSA) is 92.3 Å². The van der Waals surface area contributed by atoms with Crippen molar-refractivity contribution >= 4 is 35.3 Å². The van der Waals surface area contributed by atoms with Crippen molar-refractivity contribution in [2.45, 2.75) is 31.8 Å². The van der Waals surface area contributed by atoms with Crippen molar-refractivity contribution in [3.63, 3.8) is 0 Å². The summed E-state index contributed by atoms with van der Waals surface area (Å²) in [4.78, 5) is 27.1. The zero-order valence-electron chi connectivity index (χ0n) is 16.3. The number of aromatic nitrogens is 1. The molecule has 154 valence electrons. The molecular formula is C22H21ClN4O3. The fourth-order valence-electron chi connectivity index (χ4n) is 2.48. The van der Waals surface area contributed by atoms with Crippen molar-refractivity contribution in [2.24, 2.45) is 0 Å². The van der Waals surface area contributed by atoms with Crippen LogP contribution in [-0.2, 0) is 4.79 Å². The number of nitrogens with one attached hydrogen (secondary N) is 3. The highest BCUT2D eigenvalue weighted by molar-refractivity contribution is 6.32. The first-order valence-electron chi connectivity index (χ1n) is 9.35. The van der Waals surface area contributed by atoms with Gasteiger partial charge in [-0.3, -0.25) is 4.79 Å². The molecule has 1 heterocycles. The van der Waals surface area contributed by atoms with Crippen LogP contribution in [0, 0.1) is 12.3 Å². The Balaban J connectivity index is 1.58. The minimum Gasteiger partial charge on any atom is -0.437 e. The number of urea groups is 1. The van der Waals surface area contributed by atoms with E-state index < -0.39 is 6.04 Å². The number of rotatable bonds is 7. The maximum absolute atomic E-state index is 11.8. The van der Waals surface area contributed by atoms with E-state index in [0.717, 1.165) is 18.4 Å². The number of benzene rings is 1. The standard InChI is InChI=1S/C22H21ClN4O3/c1-3-16(25-14(2)28)6-4-15-5-11-21(24-13-15)30-20-10-9-18(12-19(20)23)27-22(29)26-17-7-8-17/h1,4-6,9-13,16-17H,7-8H2,2H3,(H,25,28)(H2,26,27,29)/b6-4+/t16-/m0/s1. The molecular weight excluding hydrogens is 404 g/mol. The van der Waals surface area contributed by atoms with Gasteiger partial charge in [0.15, 0.2) is 0 Å². The summed E-state index contributed by atoms with van der Waals surface area (Å²) in [5, 5.41) is 8.55. The van der Waals surface area contributed by atoms with E-state index in [4.69, 9.17) is 22.8 Å². The predicted molar refractivity (Wildman–Crippen MR) is 116 cm³/mol. The zero-order valence-corrected chi connectivity index (χ0v) is 17.1. The van der Waals surface area contributed by atoms with E-state index >= 15 is 0 Å². The van der Waals surface area contributed by atoms with E-state index in [1.165, 1.54) is 6.92 Å². The molecule has 1 aromatic carbocycles. The minimum absolute atomic E-state index is 0.203. The Bertz CT molecular complexity index is 994. The number of pyridine rings is 1. The molecule has 0 aliphatic heterocycles. The molecule has 1 saturated carbocycles. The molecule has 3 rings (SSSR count). The highest BCUT2D eigenvalue weighted by Crippen LogP contribution is 2.31. The van der Waals surface area contributed by atoms with Crippen LogP contribution in [0.4, 0.5) is 10.5 Å². The van der Waals surface area contributed by atoms with Crippen LogP contribution in [0.2, 0.25) is 5.02 Å². The van der Waals surface area contributed by atoms with Gasteiger partial charge in [0.05, 0.1) is 5.02 Å². The number of anilines is 1. The predicted octanol–water partition coefficient (Wildman–Crippen LogP) is 3.96. The molecule has 0 radical (unpaired) electrons. The van der Waals surface area contributed by atoms with Crippen LogP contribution < -0.4 is 20.7 Å². The van der Waals surface area contributed by atoms with Crippen LogP contribution >= 0.6 is 11.6 Å². The number of carbonyl (C=O) groups is 2. The fourth-order valence-corrected chi connectivity index (χ4v) is 2.70. The molecule has 8 heteroatoms. The summed E-state index contributed by atoms with van der Waals surface area (Å²) in [5.41, 5.74) is 1.36. The number of terminal acetylenes is 1. The SMILES string of the molecule is C#C[C@@H](/C=C/c1ccc(Oc2ccc(NC(=O)NC3CC3)cc2Cl)nc1)NC(C)=O. The first-order valence-corrected chi connectivity index (χ1v) is 9.73. The Morgan fingerprint density at radius 1 is 1.33 bits per heavy atom. The molecule has 3 amide bonds. The Labute approximate surface area is 179 Å². The van der Waals surface area contributed by atoms with Gasteiger partial charge in [-0.25, -0.2) is 9.78 Å². The summed E-state index contributed by atoms with van der Waals surface area (Å²) in [5.74, 6) is 3.04. The lowest BCUT2D eigenvalue weighted by atomic mass is 10.2. The molecule has 0 spiro atoms. The maximum atomic E-state index is 11.8. The van der Waals surface area contributed by atoms with Crippen LogP contribution in [0.3, 0.4) is 0 Å². The third-order valence-corrected chi connectivity index (χ3v) is 4.39. The Hall–Kier alpha value is -3.50. The lowest BCUT2D eigenvalue weighted by molar-refractivity contribution is -0.119. The zero-order chi connectivity index (χ0) is 21.5. The number of amides is 3. The van der Waals surface area contributed by atoms with Gasteiger partial charge in [-0.15, -0.1) is 6.42 Å². The molecule has 0 saturated heterocycles. The van der Waals surface area contributed by atoms with Gasteiger partial charge in [-0.2, -0.15) is 0 Å². The van der Waals surface area contributed by atoms with Crippen LogP contribution in [-0.4, -0.2) is 29.0 Å². The van der Waals surface area contributed by atoms with Crippen molar-refractivity contribution in [1.82, 2.24) is 15.6 Å². The second-order valence-electron chi connectivity index (χ2n) is 6.75. The molecule has 0 bridgehead atoms. The van der Waals surface area contributed by atoms with Crippen LogP contribution in [0.5, 0.6) is 11.6 Å². The van der Waals surface area contributed by atoms with Gasteiger partial charge in [-0.1, -0.05) is 23.6 Å². The van der Waals surface area contributed by atoms with E-state index in [1.54, 1.807) is 48.7 Å². The Kier molecular flexibility index (Phi) is 6.94. The first-order chi connectivity index (χ1) is 14.4. The van der Waals surface area contributed by atoms with Crippen LogP contribution in [0.25, 0.3) is 6.08 Å². The first kappa shape index (κ1) is 21.2. The maximum Gasteiger partial charge on any atom is 0.319 e. The van der Waals surface area contributed by atoms with E-state index in [1.807, 2.05) is 0 Å². The molecule has 1 fully saturated rings. The Morgan fingerprint density at radius 3 is 2.73 bits per heavy atom. The van der Waals surface area contributed by atoms with E-state index in [0.29, 0.717) is 22.3 Å². The van der Waals surface area contributed by atoms with Gasteiger partial charge < -0.3 is 20.7 Å². The molecule has 1 aliphatic rings. The molecule has 30 heavy (non-hydrogen) atoms. The second-order valence-corrected chi connectivity index (χ2v) is 7.16. The largest absolute Gasteiger partial charge is 0.437 e. The quantitative estimate of drug-likeness (QED) is 0.586. The summed E-state index contributed by atoms with van der Waals surface area (Å²) in [6, 6.07) is 7.99. The van der Waals surface area contributed by atoms with Crippen molar-refractivity contribution in [2.75, 3.05) is 5.32 Å². The van der Waals surface area contributed by atoms with Gasteiger partial charge in [0.1, 0.15) is 11.8 Å². The molecule has 1 aromatic heterocycles. The normalized spacial score (nSPS) is 13.9. The van der Waals surface area contributed by atoms with E-state index in [9.17, 15) is 9.59 Å². The average molecular weight is 425 g/mol. The highest BCUT2D eigenvalue weighted by Gasteiger charge is 2.23.